The van der Waals surface area contributed by atoms with Crippen LogP contribution in [0.1, 0.15) is 42.9 Å². The summed E-state index contributed by atoms with van der Waals surface area (Å²) in [6.45, 7) is 2.88. The molecule has 3 aromatic rings. The Kier molecular flexibility index (Phi) is 4.07. The number of cyclic esters (lactones) is 1. The van der Waals surface area contributed by atoms with Gasteiger partial charge in [0.25, 0.3) is 5.56 Å². The predicted octanol–water partition coefficient (Wildman–Crippen LogP) is 3.24. The maximum absolute atomic E-state index is 13.5. The van der Waals surface area contributed by atoms with Crippen LogP contribution < -0.4 is 5.56 Å². The third kappa shape index (κ3) is 2.63. The minimum absolute atomic E-state index is 0.0460. The largest absolute Gasteiger partial charge is 0.458 e. The van der Waals surface area contributed by atoms with E-state index < -0.39 is 17.9 Å². The Balaban J connectivity index is 1.56. The van der Waals surface area contributed by atoms with E-state index in [-0.39, 0.29) is 12.2 Å². The van der Waals surface area contributed by atoms with Crippen molar-refractivity contribution in [1.82, 2.24) is 9.55 Å². The molecule has 5 heterocycles. The SMILES string of the molecule is CC[C@@]1(OC2CCCO2)C(=O)OCc2c1cc1n(c2=O)Cc2cc3ccccc3nc2-1. The van der Waals surface area contributed by atoms with Gasteiger partial charge in [0.2, 0.25) is 0 Å². The fourth-order valence-corrected chi connectivity index (χ4v) is 4.97. The van der Waals surface area contributed by atoms with Crippen molar-refractivity contribution >= 4 is 16.9 Å². The number of pyridine rings is 2. The van der Waals surface area contributed by atoms with Crippen LogP contribution in [0.15, 0.2) is 41.2 Å². The zero-order valence-corrected chi connectivity index (χ0v) is 17.2. The molecule has 3 aliphatic rings. The Morgan fingerprint density at radius 1 is 1.26 bits per heavy atom. The fourth-order valence-electron chi connectivity index (χ4n) is 4.97. The molecular formula is C24H22N2O5. The average molecular weight is 418 g/mol. The lowest BCUT2D eigenvalue weighted by molar-refractivity contribution is -0.222. The van der Waals surface area contributed by atoms with E-state index in [0.29, 0.717) is 42.8 Å². The van der Waals surface area contributed by atoms with Crippen LogP contribution in [0.2, 0.25) is 0 Å². The standard InChI is InChI=1S/C24H22N2O5/c1-2-24(31-20-8-5-9-29-20)17-11-19-21-15(10-14-6-3-4-7-18(14)25-21)12-26(19)22(27)16(17)13-30-23(24)28/h3-4,6-7,10-11,20H,2,5,8-9,12-13H2,1H3/t20?,24-/m0/s1. The topological polar surface area (TPSA) is 79.7 Å². The van der Waals surface area contributed by atoms with E-state index in [0.717, 1.165) is 28.6 Å². The van der Waals surface area contributed by atoms with Crippen LogP contribution in [0.4, 0.5) is 0 Å². The molecule has 0 saturated carbocycles. The normalized spacial score (nSPS) is 24.0. The van der Waals surface area contributed by atoms with Gasteiger partial charge in [-0.05, 0) is 31.0 Å². The van der Waals surface area contributed by atoms with Crippen molar-refractivity contribution in [2.24, 2.45) is 0 Å². The van der Waals surface area contributed by atoms with E-state index in [1.54, 1.807) is 4.57 Å². The first kappa shape index (κ1) is 18.7. The first-order valence-corrected chi connectivity index (χ1v) is 10.7. The van der Waals surface area contributed by atoms with Crippen molar-refractivity contribution < 1.29 is 19.0 Å². The number of hydrogen-bond acceptors (Lipinski definition) is 6. The van der Waals surface area contributed by atoms with E-state index in [1.165, 1.54) is 0 Å². The summed E-state index contributed by atoms with van der Waals surface area (Å²) in [6, 6.07) is 11.9. The molecule has 2 aromatic heterocycles. The summed E-state index contributed by atoms with van der Waals surface area (Å²) in [5, 5.41) is 1.04. The zero-order chi connectivity index (χ0) is 21.2. The molecule has 0 bridgehead atoms. The van der Waals surface area contributed by atoms with Crippen LogP contribution in [0.25, 0.3) is 22.3 Å². The fraction of sp³-hybridized carbons (Fsp3) is 0.375. The monoisotopic (exact) mass is 418 g/mol. The van der Waals surface area contributed by atoms with Gasteiger partial charge in [0.15, 0.2) is 11.9 Å². The van der Waals surface area contributed by atoms with E-state index in [2.05, 4.69) is 6.07 Å². The molecule has 1 saturated heterocycles. The summed E-state index contributed by atoms with van der Waals surface area (Å²) in [4.78, 5) is 31.3. The number of ether oxygens (including phenoxy) is 3. The molecule has 1 fully saturated rings. The lowest BCUT2D eigenvalue weighted by Crippen LogP contribution is -2.48. The van der Waals surface area contributed by atoms with Gasteiger partial charge in [-0.1, -0.05) is 25.1 Å². The highest BCUT2D eigenvalue weighted by molar-refractivity contribution is 5.86. The second-order valence-corrected chi connectivity index (χ2v) is 8.32. The van der Waals surface area contributed by atoms with Gasteiger partial charge in [-0.25, -0.2) is 9.78 Å². The minimum Gasteiger partial charge on any atom is -0.458 e. The zero-order valence-electron chi connectivity index (χ0n) is 17.2. The Hall–Kier alpha value is -3.03. The summed E-state index contributed by atoms with van der Waals surface area (Å²) in [5.41, 5.74) is 2.91. The van der Waals surface area contributed by atoms with Gasteiger partial charge in [0.1, 0.15) is 6.61 Å². The second-order valence-electron chi connectivity index (χ2n) is 8.32. The van der Waals surface area contributed by atoms with Crippen molar-refractivity contribution in [2.75, 3.05) is 6.61 Å². The van der Waals surface area contributed by atoms with Crippen LogP contribution >= 0.6 is 0 Å². The van der Waals surface area contributed by atoms with Gasteiger partial charge in [0, 0.05) is 29.5 Å². The lowest BCUT2D eigenvalue weighted by atomic mass is 9.85. The molecule has 0 radical (unpaired) electrons. The molecular weight excluding hydrogens is 396 g/mol. The number of carbonyl (C=O) groups is 1. The number of hydrogen-bond donors (Lipinski definition) is 0. The molecule has 1 unspecified atom stereocenters. The van der Waals surface area contributed by atoms with Gasteiger partial charge in [-0.2, -0.15) is 0 Å². The van der Waals surface area contributed by atoms with Gasteiger partial charge < -0.3 is 18.8 Å². The Labute approximate surface area is 178 Å². The molecule has 3 aliphatic heterocycles. The van der Waals surface area contributed by atoms with E-state index >= 15 is 0 Å². The van der Waals surface area contributed by atoms with Crippen molar-refractivity contribution in [3.8, 4) is 11.4 Å². The number of aromatic nitrogens is 2. The van der Waals surface area contributed by atoms with E-state index in [4.69, 9.17) is 19.2 Å². The van der Waals surface area contributed by atoms with Gasteiger partial charge in [-0.15, -0.1) is 0 Å². The van der Waals surface area contributed by atoms with E-state index in [9.17, 15) is 9.59 Å². The molecule has 7 heteroatoms. The minimum atomic E-state index is -1.35. The Morgan fingerprint density at radius 2 is 2.13 bits per heavy atom. The number of para-hydroxylation sites is 1. The molecule has 0 amide bonds. The van der Waals surface area contributed by atoms with Gasteiger partial charge in [-0.3, -0.25) is 4.79 Å². The molecule has 0 aliphatic carbocycles. The van der Waals surface area contributed by atoms with Crippen molar-refractivity contribution in [3.05, 3.63) is 63.4 Å². The number of nitrogens with zero attached hydrogens (tertiary/aromatic N) is 2. The van der Waals surface area contributed by atoms with Crippen molar-refractivity contribution in [2.45, 2.75) is 51.2 Å². The second kappa shape index (κ2) is 6.73. The summed E-state index contributed by atoms with van der Waals surface area (Å²) in [5.74, 6) is -0.466. The van der Waals surface area contributed by atoms with Crippen LogP contribution in [-0.4, -0.2) is 28.4 Å². The number of esters is 1. The average Bonchev–Trinajstić information content (AvgIpc) is 3.42. The molecule has 2 atom stereocenters. The first-order valence-electron chi connectivity index (χ1n) is 10.7. The molecule has 0 N–H and O–H groups in total. The Morgan fingerprint density at radius 3 is 2.94 bits per heavy atom. The maximum Gasteiger partial charge on any atom is 0.343 e. The third-order valence-electron chi connectivity index (χ3n) is 6.61. The van der Waals surface area contributed by atoms with Crippen LogP contribution in [0.5, 0.6) is 0 Å². The Bertz CT molecular complexity index is 1290. The highest BCUT2D eigenvalue weighted by atomic mass is 16.7. The van der Waals surface area contributed by atoms with Gasteiger partial charge >= 0.3 is 5.97 Å². The predicted molar refractivity (Wildman–Crippen MR) is 112 cm³/mol. The summed E-state index contributed by atoms with van der Waals surface area (Å²) in [6.07, 6.45) is 1.46. The van der Waals surface area contributed by atoms with Crippen molar-refractivity contribution in [3.63, 3.8) is 0 Å². The number of rotatable bonds is 3. The number of benzene rings is 1. The van der Waals surface area contributed by atoms with Crippen molar-refractivity contribution in [1.29, 1.82) is 0 Å². The molecule has 6 rings (SSSR count). The number of fused-ring (bicyclic) bond motifs is 5. The van der Waals surface area contributed by atoms with Crippen LogP contribution in [0.3, 0.4) is 0 Å². The smallest absolute Gasteiger partial charge is 0.343 e. The summed E-state index contributed by atoms with van der Waals surface area (Å²) >= 11 is 0. The maximum atomic E-state index is 13.5. The lowest BCUT2D eigenvalue weighted by Gasteiger charge is -2.37. The highest BCUT2D eigenvalue weighted by Crippen LogP contribution is 2.42. The quantitative estimate of drug-likeness (QED) is 0.475. The highest BCUT2D eigenvalue weighted by Gasteiger charge is 2.50. The summed E-state index contributed by atoms with van der Waals surface area (Å²) in [7, 11) is 0. The van der Waals surface area contributed by atoms with Crippen LogP contribution in [-0.2, 0) is 37.8 Å². The molecule has 0 spiro atoms. The molecule has 7 nitrogen and oxygen atoms in total. The summed E-state index contributed by atoms with van der Waals surface area (Å²) < 4.78 is 19.1. The van der Waals surface area contributed by atoms with Gasteiger partial charge in [0.05, 0.1) is 29.0 Å². The van der Waals surface area contributed by atoms with E-state index in [1.807, 2.05) is 37.3 Å². The van der Waals surface area contributed by atoms with Crippen LogP contribution in [0, 0.1) is 0 Å². The first-order chi connectivity index (χ1) is 15.1. The molecule has 1 aromatic carbocycles. The molecule has 158 valence electrons. The molecule has 31 heavy (non-hydrogen) atoms. The number of carbonyl (C=O) groups excluding carboxylic acids is 1. The third-order valence-corrected chi connectivity index (χ3v) is 6.61.